The summed E-state index contributed by atoms with van der Waals surface area (Å²) in [6.45, 7) is 0. The van der Waals surface area contributed by atoms with Crippen LogP contribution in [-0.2, 0) is 15.8 Å². The molecule has 3 rings (SSSR count). The van der Waals surface area contributed by atoms with Gasteiger partial charge in [-0.1, -0.05) is 29.8 Å². The topological polar surface area (TPSA) is 58.5 Å². The second-order valence-electron chi connectivity index (χ2n) is 4.62. The average molecular weight is 325 g/mol. The van der Waals surface area contributed by atoms with E-state index in [-0.39, 0.29) is 5.75 Å². The molecule has 4 nitrogen and oxygen atoms in total. The highest BCUT2D eigenvalue weighted by molar-refractivity contribution is 7.88. The van der Waals surface area contributed by atoms with Crippen LogP contribution in [0.3, 0.4) is 0 Å². The zero-order valence-corrected chi connectivity index (χ0v) is 12.2. The molecule has 2 aromatic rings. The minimum absolute atomic E-state index is 0.207. The Bertz CT molecular complexity index is 850. The van der Waals surface area contributed by atoms with E-state index in [1.165, 1.54) is 18.2 Å². The zero-order valence-electron chi connectivity index (χ0n) is 10.7. The van der Waals surface area contributed by atoms with E-state index < -0.39 is 15.8 Å². The first-order valence-electron chi connectivity index (χ1n) is 6.06. The van der Waals surface area contributed by atoms with E-state index in [1.807, 2.05) is 0 Å². The summed E-state index contributed by atoms with van der Waals surface area (Å²) in [5.41, 5.74) is 1.95. The van der Waals surface area contributed by atoms with Gasteiger partial charge in [0.1, 0.15) is 5.82 Å². The van der Waals surface area contributed by atoms with Crippen LogP contribution in [0.4, 0.5) is 4.39 Å². The lowest BCUT2D eigenvalue weighted by atomic mass is 9.98. The molecule has 0 unspecified atom stereocenters. The van der Waals surface area contributed by atoms with Gasteiger partial charge in [0.2, 0.25) is 0 Å². The first-order valence-corrected chi connectivity index (χ1v) is 8.09. The van der Waals surface area contributed by atoms with Gasteiger partial charge in [0.05, 0.1) is 11.5 Å². The van der Waals surface area contributed by atoms with Crippen LogP contribution in [0.2, 0.25) is 5.02 Å². The van der Waals surface area contributed by atoms with Crippen LogP contribution < -0.4 is 4.83 Å². The highest BCUT2D eigenvalue weighted by atomic mass is 35.5. The molecular weight excluding hydrogens is 315 g/mol. The summed E-state index contributed by atoms with van der Waals surface area (Å²) in [7, 11) is -3.57. The molecule has 21 heavy (non-hydrogen) atoms. The fraction of sp³-hybridized carbons (Fsp3) is 0.0714. The minimum atomic E-state index is -3.57. The highest BCUT2D eigenvalue weighted by Gasteiger charge is 2.22. The maximum Gasteiger partial charge on any atom is 0.251 e. The minimum Gasteiger partial charge on any atom is -0.207 e. The summed E-state index contributed by atoms with van der Waals surface area (Å²) in [6, 6.07) is 10.7. The number of sulfonamides is 1. The first-order chi connectivity index (χ1) is 9.94. The van der Waals surface area contributed by atoms with Gasteiger partial charge in [0, 0.05) is 16.1 Å². The number of hydrogen-bond donors (Lipinski definition) is 1. The van der Waals surface area contributed by atoms with E-state index in [4.69, 9.17) is 11.6 Å². The van der Waals surface area contributed by atoms with Crippen LogP contribution in [0.1, 0.15) is 16.7 Å². The van der Waals surface area contributed by atoms with Crippen molar-refractivity contribution in [3.63, 3.8) is 0 Å². The molecular formula is C14H10ClFN2O2S. The van der Waals surface area contributed by atoms with Crippen molar-refractivity contribution >= 4 is 27.3 Å². The molecule has 0 fully saturated rings. The third-order valence-electron chi connectivity index (χ3n) is 3.07. The van der Waals surface area contributed by atoms with Crippen molar-refractivity contribution in [3.05, 3.63) is 70.0 Å². The van der Waals surface area contributed by atoms with E-state index in [9.17, 15) is 12.8 Å². The molecule has 0 spiro atoms. The first kappa shape index (κ1) is 14.0. The molecule has 0 amide bonds. The third-order valence-corrected chi connectivity index (χ3v) is 4.36. The van der Waals surface area contributed by atoms with E-state index >= 15 is 0 Å². The van der Waals surface area contributed by atoms with E-state index in [0.717, 1.165) is 0 Å². The lowest BCUT2D eigenvalue weighted by Crippen LogP contribution is -2.18. The number of hydrogen-bond acceptors (Lipinski definition) is 3. The van der Waals surface area contributed by atoms with Gasteiger partial charge in [-0.15, -0.1) is 0 Å². The summed E-state index contributed by atoms with van der Waals surface area (Å²) < 4.78 is 37.1. The number of hydrazone groups is 1. The molecule has 0 saturated heterocycles. The van der Waals surface area contributed by atoms with E-state index in [0.29, 0.717) is 27.4 Å². The van der Waals surface area contributed by atoms with Crippen LogP contribution >= 0.6 is 11.6 Å². The number of halogens is 2. The van der Waals surface area contributed by atoms with Gasteiger partial charge in [-0.3, -0.25) is 0 Å². The Hall–Kier alpha value is -1.92. The number of nitrogens with zero attached hydrogens (tertiary/aromatic N) is 1. The lowest BCUT2D eigenvalue weighted by molar-refractivity contribution is 0.584. The Kier molecular flexibility index (Phi) is 3.43. The number of benzene rings is 2. The van der Waals surface area contributed by atoms with Gasteiger partial charge in [-0.2, -0.15) is 5.10 Å². The van der Waals surface area contributed by atoms with Gasteiger partial charge < -0.3 is 0 Å². The summed E-state index contributed by atoms with van der Waals surface area (Å²) in [5, 5.41) is 4.38. The molecule has 0 saturated carbocycles. The Labute approximate surface area is 126 Å². The Balaban J connectivity index is 2.25. The summed E-state index contributed by atoms with van der Waals surface area (Å²) in [6.07, 6.45) is 0. The fourth-order valence-corrected chi connectivity index (χ4v) is 3.29. The zero-order chi connectivity index (χ0) is 15.0. The second-order valence-corrected chi connectivity index (χ2v) is 6.76. The maximum atomic E-state index is 13.4. The number of nitrogens with one attached hydrogen (secondary N) is 1. The molecule has 2 aromatic carbocycles. The third kappa shape index (κ3) is 2.91. The van der Waals surface area contributed by atoms with Crippen LogP contribution in [0.5, 0.6) is 0 Å². The van der Waals surface area contributed by atoms with Crippen molar-refractivity contribution in [2.75, 3.05) is 0 Å². The molecule has 0 atom stereocenters. The number of fused-ring (bicyclic) bond motifs is 1. The monoisotopic (exact) mass is 324 g/mol. The van der Waals surface area contributed by atoms with Crippen molar-refractivity contribution in [3.8, 4) is 0 Å². The molecule has 1 aliphatic heterocycles. The Morgan fingerprint density at radius 1 is 1.19 bits per heavy atom. The smallest absolute Gasteiger partial charge is 0.207 e. The van der Waals surface area contributed by atoms with Gasteiger partial charge in [-0.05, 0) is 29.8 Å². The normalized spacial score (nSPS) is 16.4. The number of rotatable bonds is 1. The molecule has 0 bridgehead atoms. The molecule has 0 aliphatic carbocycles. The van der Waals surface area contributed by atoms with Crippen molar-refractivity contribution in [1.29, 1.82) is 0 Å². The molecule has 1 N–H and O–H groups in total. The van der Waals surface area contributed by atoms with Crippen molar-refractivity contribution in [2.24, 2.45) is 5.10 Å². The van der Waals surface area contributed by atoms with Crippen LogP contribution in [-0.4, -0.2) is 14.1 Å². The Morgan fingerprint density at radius 3 is 2.76 bits per heavy atom. The maximum absolute atomic E-state index is 13.4. The Morgan fingerprint density at radius 2 is 2.00 bits per heavy atom. The van der Waals surface area contributed by atoms with Gasteiger partial charge in [0.25, 0.3) is 10.0 Å². The van der Waals surface area contributed by atoms with Crippen LogP contribution in [0.25, 0.3) is 0 Å². The van der Waals surface area contributed by atoms with E-state index in [2.05, 4.69) is 9.93 Å². The fourth-order valence-electron chi connectivity index (χ4n) is 2.16. The van der Waals surface area contributed by atoms with Crippen molar-refractivity contribution in [1.82, 2.24) is 4.83 Å². The molecule has 0 radical (unpaired) electrons. The van der Waals surface area contributed by atoms with Crippen LogP contribution in [0.15, 0.2) is 47.6 Å². The quantitative estimate of drug-likeness (QED) is 0.876. The largest absolute Gasteiger partial charge is 0.251 e. The lowest BCUT2D eigenvalue weighted by Gasteiger charge is -2.09. The SMILES string of the molecule is O=S1(=O)Cc2ccc(Cl)cc2C(c2cccc(F)c2)=NN1. The van der Waals surface area contributed by atoms with E-state index in [1.54, 1.807) is 24.3 Å². The molecule has 1 heterocycles. The van der Waals surface area contributed by atoms with Crippen LogP contribution in [0, 0.1) is 5.82 Å². The summed E-state index contributed by atoms with van der Waals surface area (Å²) in [4.78, 5) is 2.15. The standard InChI is InChI=1S/C14H10ClFN2O2S/c15-11-5-4-10-8-21(19,20)18-17-14(13(10)7-11)9-2-1-3-12(16)6-9/h1-7,18H,8H2. The van der Waals surface area contributed by atoms with Crippen molar-refractivity contribution < 1.29 is 12.8 Å². The average Bonchev–Trinajstić information content (AvgIpc) is 2.54. The van der Waals surface area contributed by atoms with Gasteiger partial charge in [-0.25, -0.2) is 17.6 Å². The second kappa shape index (κ2) is 5.13. The summed E-state index contributed by atoms with van der Waals surface area (Å²) >= 11 is 5.99. The van der Waals surface area contributed by atoms with Gasteiger partial charge in [0.15, 0.2) is 0 Å². The van der Waals surface area contributed by atoms with Gasteiger partial charge >= 0.3 is 0 Å². The predicted octanol–water partition coefficient (Wildman–Crippen LogP) is 2.66. The summed E-state index contributed by atoms with van der Waals surface area (Å²) in [5.74, 6) is -0.632. The van der Waals surface area contributed by atoms with Crippen molar-refractivity contribution in [2.45, 2.75) is 5.75 Å². The molecule has 1 aliphatic rings. The molecule has 0 aromatic heterocycles. The predicted molar refractivity (Wildman–Crippen MR) is 79.3 cm³/mol. The highest BCUT2D eigenvalue weighted by Crippen LogP contribution is 2.24. The molecule has 108 valence electrons. The molecule has 7 heteroatoms.